The minimum absolute atomic E-state index is 0.381. The quantitative estimate of drug-likeness (QED) is 0.489. The molecule has 0 saturated heterocycles. The van der Waals surface area contributed by atoms with Gasteiger partial charge in [-0.05, 0) is 7.05 Å². The average Bonchev–Trinajstić information content (AvgIpc) is 1.84. The number of hydrogen-bond acceptors (Lipinski definition) is 3. The van der Waals surface area contributed by atoms with Crippen LogP contribution in [0.25, 0.3) is 0 Å². The zero-order valence-corrected chi connectivity index (χ0v) is 6.02. The minimum atomic E-state index is -1.26. The lowest BCUT2D eigenvalue weighted by Crippen LogP contribution is -2.41. The molecule has 5 nitrogen and oxygen atoms in total. The third kappa shape index (κ3) is 3.62. The number of nitrogens with zero attached hydrogens (tertiary/aromatic N) is 1. The summed E-state index contributed by atoms with van der Waals surface area (Å²) in [7, 11) is 6.40. The molecule has 0 aliphatic heterocycles. The first-order chi connectivity index (χ1) is 4.95. The predicted molar refractivity (Wildman–Crippen MR) is 37.4 cm³/mol. The minimum Gasteiger partial charge on any atom is -0.481 e. The number of carbonyl (C=O) groups is 2. The van der Waals surface area contributed by atoms with Gasteiger partial charge in [0.25, 0.3) is 0 Å². The topological polar surface area (TPSA) is 77.8 Å². The lowest BCUT2D eigenvalue weighted by Gasteiger charge is -2.18. The molecule has 0 saturated carbocycles. The summed E-state index contributed by atoms with van der Waals surface area (Å²) < 4.78 is 0. The monoisotopic (exact) mass is 157 g/mol. The number of likely N-dealkylation sites (N-methyl/N-ethyl adjacent to an activating group) is 1. The molecule has 1 atom stereocenters. The molecule has 0 heterocycles. The largest absolute Gasteiger partial charge is 0.481 e. The molecule has 0 bridgehead atoms. The van der Waals surface area contributed by atoms with Crippen LogP contribution in [0.5, 0.6) is 0 Å². The Hall–Kier alpha value is -1.04. The molecular weight excluding hydrogens is 149 g/mol. The van der Waals surface area contributed by atoms with Crippen LogP contribution in [0.15, 0.2) is 0 Å². The zero-order valence-electron chi connectivity index (χ0n) is 6.02. The number of rotatable bonds is 4. The van der Waals surface area contributed by atoms with E-state index in [9.17, 15) is 9.59 Å². The van der Waals surface area contributed by atoms with Gasteiger partial charge in [0.05, 0.1) is 12.5 Å². The van der Waals surface area contributed by atoms with Crippen molar-refractivity contribution in [1.82, 2.24) is 4.90 Å². The van der Waals surface area contributed by atoms with Gasteiger partial charge in [0.2, 0.25) is 0 Å². The van der Waals surface area contributed by atoms with Gasteiger partial charge >= 0.3 is 11.9 Å². The summed E-state index contributed by atoms with van der Waals surface area (Å²) in [4.78, 5) is 21.2. The molecule has 1 unspecified atom stereocenters. The maximum atomic E-state index is 10.2. The van der Waals surface area contributed by atoms with Crippen LogP contribution in [-0.4, -0.2) is 54.4 Å². The summed E-state index contributed by atoms with van der Waals surface area (Å²) in [6, 6.07) is 0. The average molecular weight is 157 g/mol. The van der Waals surface area contributed by atoms with E-state index < -0.39 is 17.9 Å². The highest BCUT2D eigenvalue weighted by Gasteiger charge is 2.17. The molecule has 0 aromatic heterocycles. The number of aliphatic carboxylic acids is 2. The van der Waals surface area contributed by atoms with Crippen molar-refractivity contribution in [2.45, 2.75) is 5.94 Å². The van der Waals surface area contributed by atoms with E-state index in [4.69, 9.17) is 18.1 Å². The summed E-state index contributed by atoms with van der Waals surface area (Å²) >= 11 is 0. The third-order valence-corrected chi connectivity index (χ3v) is 1.11. The molecule has 2 radical (unpaired) electrons. The van der Waals surface area contributed by atoms with Crippen molar-refractivity contribution in [2.24, 2.45) is 0 Å². The number of hydrogen-bond donors (Lipinski definition) is 2. The van der Waals surface area contributed by atoms with E-state index in [0.29, 0.717) is 0 Å². The highest BCUT2D eigenvalue weighted by Crippen LogP contribution is 1.90. The molecule has 0 fully saturated rings. The van der Waals surface area contributed by atoms with Crippen LogP contribution in [0.4, 0.5) is 0 Å². The normalized spacial score (nSPS) is 12.9. The molecule has 11 heavy (non-hydrogen) atoms. The van der Waals surface area contributed by atoms with Gasteiger partial charge in [-0.3, -0.25) is 14.5 Å². The van der Waals surface area contributed by atoms with Gasteiger partial charge in [-0.15, -0.1) is 0 Å². The van der Waals surface area contributed by atoms with Gasteiger partial charge in [0.15, 0.2) is 0 Å². The highest BCUT2D eigenvalue weighted by molar-refractivity contribution is 6.22. The Balaban J connectivity index is 3.92. The van der Waals surface area contributed by atoms with Gasteiger partial charge in [-0.2, -0.15) is 0 Å². The van der Waals surface area contributed by atoms with E-state index in [1.54, 1.807) is 0 Å². The Morgan fingerprint density at radius 2 is 2.00 bits per heavy atom. The van der Waals surface area contributed by atoms with Gasteiger partial charge < -0.3 is 10.2 Å². The molecule has 0 aliphatic rings. The van der Waals surface area contributed by atoms with Crippen LogP contribution in [0.1, 0.15) is 0 Å². The molecule has 0 aliphatic carbocycles. The van der Waals surface area contributed by atoms with Crippen molar-refractivity contribution >= 4 is 19.8 Å². The Bertz CT molecular complexity index is 172. The van der Waals surface area contributed by atoms with E-state index in [-0.39, 0.29) is 6.54 Å². The first kappa shape index (κ1) is 9.96. The molecule has 0 rings (SSSR count). The van der Waals surface area contributed by atoms with Gasteiger partial charge in [0.1, 0.15) is 7.85 Å². The first-order valence-corrected chi connectivity index (χ1v) is 2.85. The van der Waals surface area contributed by atoms with Gasteiger partial charge in [-0.1, -0.05) is 0 Å². The summed E-state index contributed by atoms with van der Waals surface area (Å²) in [5.74, 6) is -3.61. The summed E-state index contributed by atoms with van der Waals surface area (Å²) in [5.41, 5.74) is 0. The maximum Gasteiger partial charge on any atom is 0.317 e. The van der Waals surface area contributed by atoms with E-state index >= 15 is 0 Å². The summed E-state index contributed by atoms with van der Waals surface area (Å²) in [6.45, 7) is -0.381. The highest BCUT2D eigenvalue weighted by atomic mass is 16.4. The fraction of sp³-hybridized carbons (Fsp3) is 0.600. The molecule has 0 amide bonds. The lowest BCUT2D eigenvalue weighted by atomic mass is 9.95. The number of carboxylic acid groups (broad SMARTS) is 2. The van der Waals surface area contributed by atoms with Gasteiger partial charge in [0, 0.05) is 0 Å². The maximum absolute atomic E-state index is 10.2. The molecule has 0 spiro atoms. The van der Waals surface area contributed by atoms with E-state index in [1.807, 2.05) is 0 Å². The van der Waals surface area contributed by atoms with E-state index in [2.05, 4.69) is 0 Å². The predicted octanol–water partition coefficient (Wildman–Crippen LogP) is -1.42. The standard InChI is InChI=1S/C5H8BNO4/c1-7(2-3(8)9)4(6)5(10)11/h4H,2H2,1H3,(H,8,9)(H,10,11). The van der Waals surface area contributed by atoms with Crippen molar-refractivity contribution in [1.29, 1.82) is 0 Å². The third-order valence-electron chi connectivity index (χ3n) is 1.11. The van der Waals surface area contributed by atoms with Crippen LogP contribution in [-0.2, 0) is 9.59 Å². The zero-order chi connectivity index (χ0) is 9.02. The summed E-state index contributed by atoms with van der Waals surface area (Å²) in [6.07, 6.45) is 0. The second-order valence-electron chi connectivity index (χ2n) is 2.09. The molecular formula is C5H8BNO4. The first-order valence-electron chi connectivity index (χ1n) is 2.85. The molecule has 60 valence electrons. The lowest BCUT2D eigenvalue weighted by molar-refractivity contribution is -0.142. The van der Waals surface area contributed by atoms with Gasteiger partial charge in [-0.25, -0.2) is 0 Å². The van der Waals surface area contributed by atoms with Crippen LogP contribution >= 0.6 is 0 Å². The number of carboxylic acids is 2. The Kier molecular flexibility index (Phi) is 3.60. The fourth-order valence-electron chi connectivity index (χ4n) is 0.500. The van der Waals surface area contributed by atoms with Crippen LogP contribution in [0, 0.1) is 0 Å². The second kappa shape index (κ2) is 3.97. The Morgan fingerprint density at radius 3 is 2.27 bits per heavy atom. The van der Waals surface area contributed by atoms with Crippen molar-refractivity contribution in [3.05, 3.63) is 0 Å². The molecule has 2 N–H and O–H groups in total. The van der Waals surface area contributed by atoms with Crippen molar-refractivity contribution < 1.29 is 19.8 Å². The van der Waals surface area contributed by atoms with Crippen molar-refractivity contribution in [2.75, 3.05) is 13.6 Å². The smallest absolute Gasteiger partial charge is 0.317 e. The van der Waals surface area contributed by atoms with Crippen LogP contribution in [0.3, 0.4) is 0 Å². The Morgan fingerprint density at radius 1 is 1.55 bits per heavy atom. The molecule has 0 aromatic rings. The second-order valence-corrected chi connectivity index (χ2v) is 2.09. The van der Waals surface area contributed by atoms with E-state index in [0.717, 1.165) is 4.90 Å². The summed E-state index contributed by atoms with van der Waals surface area (Å²) in [5, 5.41) is 16.5. The van der Waals surface area contributed by atoms with Crippen molar-refractivity contribution in [3.63, 3.8) is 0 Å². The molecule has 6 heteroatoms. The SMILES string of the molecule is [B]C(C(=O)O)N(C)CC(=O)O. The van der Waals surface area contributed by atoms with Crippen LogP contribution < -0.4 is 0 Å². The van der Waals surface area contributed by atoms with E-state index in [1.165, 1.54) is 7.05 Å². The molecule has 0 aromatic carbocycles. The van der Waals surface area contributed by atoms with Crippen molar-refractivity contribution in [3.8, 4) is 0 Å². The fourth-order valence-corrected chi connectivity index (χ4v) is 0.500. The van der Waals surface area contributed by atoms with Crippen LogP contribution in [0.2, 0.25) is 0 Å². The Labute approximate surface area is 65.0 Å².